The summed E-state index contributed by atoms with van der Waals surface area (Å²) in [5.74, 6) is 0.664. The van der Waals surface area contributed by atoms with Crippen molar-refractivity contribution in [3.05, 3.63) is 41.4 Å². The van der Waals surface area contributed by atoms with E-state index in [4.69, 9.17) is 4.74 Å². The van der Waals surface area contributed by atoms with Crippen LogP contribution < -0.4 is 9.64 Å². The highest BCUT2D eigenvalue weighted by Gasteiger charge is 2.23. The molecule has 0 bridgehead atoms. The largest absolute Gasteiger partial charge is 0.478 e. The number of benzene rings is 1. The standard InChI is InChI=1S/C26H36N6O2S/c1-28-10-14-32(15-11-28)26(33)22-20-25(29(2)27-22)34-18-4-3-9-30-12-16-31(17-13-30)23-6-5-7-24-21(23)8-19-35-24/h5-8,19-20H,3-4,9-18H2,1-2H3. The monoisotopic (exact) mass is 496 g/mol. The van der Waals surface area contributed by atoms with Crippen LogP contribution in [0.4, 0.5) is 5.69 Å². The zero-order valence-electron chi connectivity index (χ0n) is 20.9. The number of piperazine rings is 2. The van der Waals surface area contributed by atoms with Gasteiger partial charge in [0, 0.05) is 81.2 Å². The number of nitrogens with zero attached hydrogens (tertiary/aromatic N) is 6. The molecule has 0 saturated carbocycles. The molecule has 9 heteroatoms. The number of thiophene rings is 1. The van der Waals surface area contributed by atoms with E-state index in [1.165, 1.54) is 15.8 Å². The lowest BCUT2D eigenvalue weighted by molar-refractivity contribution is 0.0657. The molecule has 0 spiro atoms. The molecule has 0 aliphatic carbocycles. The summed E-state index contributed by atoms with van der Waals surface area (Å²) in [4.78, 5) is 22.0. The van der Waals surface area contributed by atoms with Gasteiger partial charge in [-0.2, -0.15) is 5.10 Å². The maximum absolute atomic E-state index is 12.8. The van der Waals surface area contributed by atoms with E-state index in [1.54, 1.807) is 10.7 Å². The van der Waals surface area contributed by atoms with Gasteiger partial charge in [-0.05, 0) is 50.0 Å². The number of carbonyl (C=O) groups excluding carboxylic acids is 1. The Kier molecular flexibility index (Phi) is 7.55. The number of hydrogen-bond donors (Lipinski definition) is 0. The van der Waals surface area contributed by atoms with E-state index in [9.17, 15) is 4.79 Å². The number of amides is 1. The Morgan fingerprint density at radius 3 is 2.60 bits per heavy atom. The van der Waals surface area contributed by atoms with Gasteiger partial charge >= 0.3 is 0 Å². The molecule has 0 atom stereocenters. The third-order valence-electron chi connectivity index (χ3n) is 7.15. The van der Waals surface area contributed by atoms with Crippen LogP contribution in [0.1, 0.15) is 23.3 Å². The second-order valence-electron chi connectivity index (χ2n) is 9.58. The number of aryl methyl sites for hydroxylation is 1. The van der Waals surface area contributed by atoms with Crippen molar-refractivity contribution in [3.8, 4) is 5.88 Å². The van der Waals surface area contributed by atoms with Gasteiger partial charge in [0.1, 0.15) is 0 Å². The van der Waals surface area contributed by atoms with Gasteiger partial charge in [0.25, 0.3) is 5.91 Å². The van der Waals surface area contributed by atoms with Crippen LogP contribution in [0.3, 0.4) is 0 Å². The molecule has 2 aliphatic rings. The van der Waals surface area contributed by atoms with Gasteiger partial charge in [-0.1, -0.05) is 6.07 Å². The van der Waals surface area contributed by atoms with Crippen molar-refractivity contribution in [1.82, 2.24) is 24.5 Å². The fourth-order valence-corrected chi connectivity index (χ4v) is 5.75. The van der Waals surface area contributed by atoms with Crippen molar-refractivity contribution in [2.75, 3.05) is 77.5 Å². The van der Waals surface area contributed by atoms with Gasteiger partial charge in [-0.15, -0.1) is 11.3 Å². The normalized spacial score (nSPS) is 17.9. The Balaban J connectivity index is 1.02. The number of rotatable bonds is 8. The van der Waals surface area contributed by atoms with Gasteiger partial charge in [0.15, 0.2) is 5.69 Å². The Hall–Kier alpha value is -2.62. The first-order valence-electron chi connectivity index (χ1n) is 12.7. The maximum Gasteiger partial charge on any atom is 0.274 e. The zero-order valence-corrected chi connectivity index (χ0v) is 21.7. The molecule has 8 nitrogen and oxygen atoms in total. The Labute approximate surface area is 211 Å². The minimum atomic E-state index is -0.00192. The van der Waals surface area contributed by atoms with Gasteiger partial charge < -0.3 is 19.4 Å². The fraction of sp³-hybridized carbons (Fsp3) is 0.538. The summed E-state index contributed by atoms with van der Waals surface area (Å²) in [5.41, 5.74) is 1.85. The lowest BCUT2D eigenvalue weighted by atomic mass is 10.2. The Morgan fingerprint density at radius 2 is 1.80 bits per heavy atom. The van der Waals surface area contributed by atoms with Crippen molar-refractivity contribution >= 4 is 33.0 Å². The summed E-state index contributed by atoms with van der Waals surface area (Å²) < 4.78 is 9.01. The lowest BCUT2D eigenvalue weighted by Crippen LogP contribution is -2.47. The predicted molar refractivity (Wildman–Crippen MR) is 142 cm³/mol. The molecule has 2 aromatic heterocycles. The summed E-state index contributed by atoms with van der Waals surface area (Å²) in [6, 6.07) is 10.7. The molecule has 0 radical (unpaired) electrons. The highest BCUT2D eigenvalue weighted by molar-refractivity contribution is 7.17. The van der Waals surface area contributed by atoms with Gasteiger partial charge in [-0.3, -0.25) is 9.69 Å². The molecule has 35 heavy (non-hydrogen) atoms. The van der Waals surface area contributed by atoms with E-state index in [0.29, 0.717) is 18.2 Å². The molecule has 2 saturated heterocycles. The number of anilines is 1. The van der Waals surface area contributed by atoms with Crippen LogP contribution in [0, 0.1) is 0 Å². The number of ether oxygens (including phenoxy) is 1. The topological polar surface area (TPSA) is 57.1 Å². The van der Waals surface area contributed by atoms with Gasteiger partial charge in [-0.25, -0.2) is 4.68 Å². The van der Waals surface area contributed by atoms with Crippen molar-refractivity contribution in [1.29, 1.82) is 0 Å². The van der Waals surface area contributed by atoms with Crippen LogP contribution in [0.25, 0.3) is 10.1 Å². The molecule has 2 aliphatic heterocycles. The predicted octanol–water partition coefficient (Wildman–Crippen LogP) is 3.00. The minimum Gasteiger partial charge on any atom is -0.478 e. The molecule has 3 aromatic rings. The summed E-state index contributed by atoms with van der Waals surface area (Å²) in [7, 11) is 3.92. The van der Waals surface area contributed by atoms with Crippen LogP contribution in [-0.2, 0) is 7.05 Å². The molecule has 4 heterocycles. The Morgan fingerprint density at radius 1 is 1.00 bits per heavy atom. The van der Waals surface area contributed by atoms with Gasteiger partial charge in [0.2, 0.25) is 5.88 Å². The van der Waals surface area contributed by atoms with Crippen LogP contribution in [0.5, 0.6) is 5.88 Å². The first kappa shape index (κ1) is 24.1. The van der Waals surface area contributed by atoms with E-state index >= 15 is 0 Å². The molecular formula is C26H36N6O2S. The van der Waals surface area contributed by atoms with E-state index in [2.05, 4.69) is 56.5 Å². The average Bonchev–Trinajstić information content (AvgIpc) is 3.51. The van der Waals surface area contributed by atoms with E-state index in [1.807, 2.05) is 23.3 Å². The second-order valence-corrected chi connectivity index (χ2v) is 10.5. The van der Waals surface area contributed by atoms with Crippen molar-refractivity contribution in [2.24, 2.45) is 7.05 Å². The van der Waals surface area contributed by atoms with Crippen molar-refractivity contribution in [3.63, 3.8) is 0 Å². The van der Waals surface area contributed by atoms with Gasteiger partial charge in [0.05, 0.1) is 6.61 Å². The number of aromatic nitrogens is 2. The minimum absolute atomic E-state index is 0.00192. The number of carbonyl (C=O) groups is 1. The average molecular weight is 497 g/mol. The second kappa shape index (κ2) is 11.0. The molecule has 2 fully saturated rings. The molecular weight excluding hydrogens is 460 g/mol. The summed E-state index contributed by atoms with van der Waals surface area (Å²) in [5, 5.41) is 7.97. The summed E-state index contributed by atoms with van der Waals surface area (Å²) >= 11 is 1.82. The molecule has 0 N–H and O–H groups in total. The fourth-order valence-electron chi connectivity index (χ4n) is 4.94. The van der Waals surface area contributed by atoms with Crippen molar-refractivity contribution < 1.29 is 9.53 Å². The van der Waals surface area contributed by atoms with Crippen molar-refractivity contribution in [2.45, 2.75) is 12.8 Å². The number of hydrogen-bond acceptors (Lipinski definition) is 7. The summed E-state index contributed by atoms with van der Waals surface area (Å²) in [6.07, 6.45) is 2.09. The highest BCUT2D eigenvalue weighted by Crippen LogP contribution is 2.31. The summed E-state index contributed by atoms with van der Waals surface area (Å²) in [6.45, 7) is 9.39. The van der Waals surface area contributed by atoms with Crippen LogP contribution in [-0.4, -0.2) is 103 Å². The van der Waals surface area contributed by atoms with Crippen LogP contribution in [0.15, 0.2) is 35.7 Å². The highest BCUT2D eigenvalue weighted by atomic mass is 32.1. The van der Waals surface area contributed by atoms with E-state index in [0.717, 1.165) is 71.7 Å². The Bertz CT molecular complexity index is 1130. The van der Waals surface area contributed by atoms with E-state index in [-0.39, 0.29) is 5.91 Å². The smallest absolute Gasteiger partial charge is 0.274 e. The molecule has 188 valence electrons. The number of likely N-dealkylation sites (N-methyl/N-ethyl adjacent to an activating group) is 1. The first-order chi connectivity index (χ1) is 17.1. The maximum atomic E-state index is 12.8. The quantitative estimate of drug-likeness (QED) is 0.447. The van der Waals surface area contributed by atoms with Crippen LogP contribution in [0.2, 0.25) is 0 Å². The lowest BCUT2D eigenvalue weighted by Gasteiger charge is -2.36. The molecule has 0 unspecified atom stereocenters. The molecule has 1 amide bonds. The molecule has 1 aromatic carbocycles. The van der Waals surface area contributed by atoms with Crippen LogP contribution >= 0.6 is 11.3 Å². The number of fused-ring (bicyclic) bond motifs is 1. The SMILES string of the molecule is CN1CCN(C(=O)c2cc(OCCCCN3CCN(c4cccc5sccc45)CC3)n(C)n2)CC1. The zero-order chi connectivity index (χ0) is 24.2. The first-order valence-corrected chi connectivity index (χ1v) is 13.5. The molecule has 5 rings (SSSR count). The third kappa shape index (κ3) is 5.63. The van der Waals surface area contributed by atoms with E-state index < -0.39 is 0 Å². The number of unbranched alkanes of at least 4 members (excludes halogenated alkanes) is 1. The third-order valence-corrected chi connectivity index (χ3v) is 8.03.